The van der Waals surface area contributed by atoms with Crippen molar-refractivity contribution < 1.29 is 19.1 Å². The first-order valence-corrected chi connectivity index (χ1v) is 8.26. The van der Waals surface area contributed by atoms with Crippen LogP contribution in [0.4, 0.5) is 10.5 Å². The molecule has 0 N–H and O–H groups in total. The molecule has 0 bridgehead atoms. The van der Waals surface area contributed by atoms with Crippen LogP contribution in [0.15, 0.2) is 60.7 Å². The van der Waals surface area contributed by atoms with Gasteiger partial charge in [0, 0.05) is 5.69 Å². The molecule has 1 amide bonds. The number of hydrogen-bond donors (Lipinski definition) is 0. The minimum atomic E-state index is -1.30. The maximum Gasteiger partial charge on any atom is 0.416 e. The smallest absolute Gasteiger partial charge is 0.416 e. The standard InChI is InChI=1S/C20H21NO4/c1-14(2)24-18(22)20(3)17(15-10-6-4-7-11-15)25-19(23)21(20)16-12-8-5-9-13-16/h4-14,17H,1-3H3. The average molecular weight is 339 g/mol. The zero-order chi connectivity index (χ0) is 18.0. The van der Waals surface area contributed by atoms with Crippen molar-refractivity contribution in [2.75, 3.05) is 4.90 Å². The molecule has 1 fully saturated rings. The molecule has 2 unspecified atom stereocenters. The third-order valence-corrected chi connectivity index (χ3v) is 4.25. The van der Waals surface area contributed by atoms with Crippen LogP contribution in [0.1, 0.15) is 32.4 Å². The summed E-state index contributed by atoms with van der Waals surface area (Å²) in [6.07, 6.45) is -1.62. The lowest BCUT2D eigenvalue weighted by molar-refractivity contribution is -0.155. The molecule has 2 aromatic rings. The molecule has 2 atom stereocenters. The van der Waals surface area contributed by atoms with Gasteiger partial charge in [-0.3, -0.25) is 4.90 Å². The second kappa shape index (κ2) is 6.59. The average Bonchev–Trinajstić information content (AvgIpc) is 2.88. The van der Waals surface area contributed by atoms with Gasteiger partial charge in [-0.1, -0.05) is 48.5 Å². The number of anilines is 1. The van der Waals surface area contributed by atoms with Gasteiger partial charge in [0.25, 0.3) is 0 Å². The van der Waals surface area contributed by atoms with Gasteiger partial charge in [0.15, 0.2) is 11.6 Å². The lowest BCUT2D eigenvalue weighted by Crippen LogP contribution is -2.53. The molecule has 5 heteroatoms. The Kier molecular flexibility index (Phi) is 4.49. The molecule has 130 valence electrons. The van der Waals surface area contributed by atoms with E-state index < -0.39 is 23.7 Å². The van der Waals surface area contributed by atoms with Crippen LogP contribution < -0.4 is 4.90 Å². The Hall–Kier alpha value is -2.82. The monoisotopic (exact) mass is 339 g/mol. The number of cyclic esters (lactones) is 1. The summed E-state index contributed by atoms with van der Waals surface area (Å²) in [5.74, 6) is -0.494. The Morgan fingerprint density at radius 2 is 1.64 bits per heavy atom. The SMILES string of the molecule is CC(C)OC(=O)C1(C)C(c2ccccc2)OC(=O)N1c1ccccc1. The fourth-order valence-corrected chi connectivity index (χ4v) is 3.08. The Morgan fingerprint density at radius 3 is 2.20 bits per heavy atom. The van der Waals surface area contributed by atoms with E-state index in [0.717, 1.165) is 5.56 Å². The van der Waals surface area contributed by atoms with Crippen LogP contribution in [-0.2, 0) is 14.3 Å². The van der Waals surface area contributed by atoms with Gasteiger partial charge >= 0.3 is 12.1 Å². The van der Waals surface area contributed by atoms with Crippen LogP contribution in [0.2, 0.25) is 0 Å². The summed E-state index contributed by atoms with van der Waals surface area (Å²) < 4.78 is 11.1. The topological polar surface area (TPSA) is 55.8 Å². The Labute approximate surface area is 147 Å². The zero-order valence-corrected chi connectivity index (χ0v) is 14.5. The van der Waals surface area contributed by atoms with Crippen molar-refractivity contribution in [2.24, 2.45) is 0 Å². The number of carbonyl (C=O) groups is 2. The third kappa shape index (κ3) is 2.97. The quantitative estimate of drug-likeness (QED) is 0.787. The minimum absolute atomic E-state index is 0.297. The lowest BCUT2D eigenvalue weighted by Gasteiger charge is -2.34. The van der Waals surface area contributed by atoms with Crippen LogP contribution in [0, 0.1) is 0 Å². The van der Waals surface area contributed by atoms with E-state index in [1.54, 1.807) is 32.9 Å². The van der Waals surface area contributed by atoms with E-state index in [-0.39, 0.29) is 6.10 Å². The van der Waals surface area contributed by atoms with Crippen LogP contribution in [-0.4, -0.2) is 23.7 Å². The van der Waals surface area contributed by atoms with Crippen molar-refractivity contribution >= 4 is 17.7 Å². The first-order valence-electron chi connectivity index (χ1n) is 8.26. The number of hydrogen-bond acceptors (Lipinski definition) is 4. The molecule has 3 rings (SSSR count). The van der Waals surface area contributed by atoms with E-state index in [1.165, 1.54) is 4.90 Å². The molecule has 0 aliphatic carbocycles. The number of esters is 1. The highest BCUT2D eigenvalue weighted by atomic mass is 16.6. The molecule has 0 radical (unpaired) electrons. The summed E-state index contributed by atoms with van der Waals surface area (Å²) in [4.78, 5) is 27.0. The van der Waals surface area contributed by atoms with Gasteiger partial charge in [-0.2, -0.15) is 0 Å². The molecule has 0 aromatic heterocycles. The maximum absolute atomic E-state index is 13.0. The molecule has 5 nitrogen and oxygen atoms in total. The van der Waals surface area contributed by atoms with Gasteiger partial charge in [-0.25, -0.2) is 9.59 Å². The van der Waals surface area contributed by atoms with E-state index in [9.17, 15) is 9.59 Å². The van der Waals surface area contributed by atoms with Gasteiger partial charge in [-0.05, 0) is 38.5 Å². The van der Waals surface area contributed by atoms with E-state index in [0.29, 0.717) is 5.69 Å². The summed E-state index contributed by atoms with van der Waals surface area (Å²) in [6, 6.07) is 18.3. The Balaban J connectivity index is 2.11. The molecular formula is C20H21NO4. The van der Waals surface area contributed by atoms with E-state index in [4.69, 9.17) is 9.47 Å². The maximum atomic E-state index is 13.0. The van der Waals surface area contributed by atoms with Crippen molar-refractivity contribution in [3.8, 4) is 0 Å². The summed E-state index contributed by atoms with van der Waals surface area (Å²) in [5.41, 5.74) is 0.0379. The van der Waals surface area contributed by atoms with E-state index in [2.05, 4.69) is 0 Å². The Morgan fingerprint density at radius 1 is 1.08 bits per heavy atom. The van der Waals surface area contributed by atoms with Gasteiger partial charge < -0.3 is 9.47 Å². The fraction of sp³-hybridized carbons (Fsp3) is 0.300. The molecule has 25 heavy (non-hydrogen) atoms. The summed E-state index contributed by atoms with van der Waals surface area (Å²) in [5, 5.41) is 0. The van der Waals surface area contributed by atoms with E-state index in [1.807, 2.05) is 48.5 Å². The molecule has 0 spiro atoms. The van der Waals surface area contributed by atoms with Crippen LogP contribution in [0.3, 0.4) is 0 Å². The highest BCUT2D eigenvalue weighted by Gasteiger charge is 2.59. The summed E-state index contributed by atoms with van der Waals surface area (Å²) in [6.45, 7) is 5.25. The van der Waals surface area contributed by atoms with Crippen molar-refractivity contribution in [1.29, 1.82) is 0 Å². The fourth-order valence-electron chi connectivity index (χ4n) is 3.08. The number of benzene rings is 2. The third-order valence-electron chi connectivity index (χ3n) is 4.25. The van der Waals surface area contributed by atoms with Crippen molar-refractivity contribution in [1.82, 2.24) is 0 Å². The van der Waals surface area contributed by atoms with Crippen molar-refractivity contribution in [3.05, 3.63) is 66.2 Å². The van der Waals surface area contributed by atoms with Crippen LogP contribution in [0.25, 0.3) is 0 Å². The molecule has 1 aliphatic heterocycles. The van der Waals surface area contributed by atoms with E-state index >= 15 is 0 Å². The molecule has 1 saturated heterocycles. The van der Waals surface area contributed by atoms with Gasteiger partial charge in [0.1, 0.15) is 0 Å². The normalized spacial score (nSPS) is 22.8. The van der Waals surface area contributed by atoms with Crippen molar-refractivity contribution in [3.63, 3.8) is 0 Å². The number of amides is 1. The highest BCUT2D eigenvalue weighted by Crippen LogP contribution is 2.44. The number of rotatable bonds is 4. The number of nitrogens with zero attached hydrogens (tertiary/aromatic N) is 1. The second-order valence-corrected chi connectivity index (χ2v) is 6.45. The number of para-hydroxylation sites is 1. The number of carbonyl (C=O) groups excluding carboxylic acids is 2. The van der Waals surface area contributed by atoms with Crippen LogP contribution >= 0.6 is 0 Å². The predicted molar refractivity (Wildman–Crippen MR) is 94.2 cm³/mol. The zero-order valence-electron chi connectivity index (χ0n) is 14.5. The van der Waals surface area contributed by atoms with Crippen molar-refractivity contribution in [2.45, 2.75) is 38.5 Å². The summed E-state index contributed by atoms with van der Waals surface area (Å²) >= 11 is 0. The molecule has 0 saturated carbocycles. The van der Waals surface area contributed by atoms with Crippen LogP contribution in [0.5, 0.6) is 0 Å². The summed E-state index contributed by atoms with van der Waals surface area (Å²) in [7, 11) is 0. The Bertz CT molecular complexity index is 760. The van der Waals surface area contributed by atoms with Gasteiger partial charge in [0.05, 0.1) is 6.10 Å². The molecule has 1 heterocycles. The van der Waals surface area contributed by atoms with Gasteiger partial charge in [-0.15, -0.1) is 0 Å². The first kappa shape index (κ1) is 17.0. The largest absolute Gasteiger partial charge is 0.461 e. The number of ether oxygens (including phenoxy) is 2. The first-order chi connectivity index (χ1) is 11.9. The second-order valence-electron chi connectivity index (χ2n) is 6.45. The predicted octanol–water partition coefficient (Wildman–Crippen LogP) is 4.09. The van der Waals surface area contributed by atoms with Gasteiger partial charge in [0.2, 0.25) is 0 Å². The highest BCUT2D eigenvalue weighted by molar-refractivity contribution is 6.02. The lowest BCUT2D eigenvalue weighted by atomic mass is 9.88. The molecule has 2 aromatic carbocycles. The molecule has 1 aliphatic rings. The minimum Gasteiger partial charge on any atom is -0.461 e. The molecular weight excluding hydrogens is 318 g/mol.